The molecule has 118 valence electrons. The second-order valence-electron chi connectivity index (χ2n) is 4.65. The van der Waals surface area contributed by atoms with Crippen molar-refractivity contribution in [3.05, 3.63) is 17.7 Å². The molecule has 1 rings (SSSR count). The summed E-state index contributed by atoms with van der Waals surface area (Å²) in [5, 5.41) is 2.80. The van der Waals surface area contributed by atoms with Crippen LogP contribution in [0.3, 0.4) is 0 Å². The van der Waals surface area contributed by atoms with Crippen LogP contribution in [0, 0.1) is 0 Å². The van der Waals surface area contributed by atoms with E-state index in [1.165, 1.54) is 14.2 Å². The molecule has 0 spiro atoms. The van der Waals surface area contributed by atoms with Crippen molar-refractivity contribution in [2.24, 2.45) is 0 Å². The molecule has 21 heavy (non-hydrogen) atoms. The van der Waals surface area contributed by atoms with Crippen molar-refractivity contribution in [3.63, 3.8) is 0 Å². The Morgan fingerprint density at radius 1 is 1.33 bits per heavy atom. The van der Waals surface area contributed by atoms with Crippen LogP contribution in [0.25, 0.3) is 0 Å². The Morgan fingerprint density at radius 3 is 2.43 bits per heavy atom. The number of hydrogen-bond acceptors (Lipinski definition) is 5. The Labute approximate surface area is 127 Å². The number of ether oxygens (including phenoxy) is 2. The van der Waals surface area contributed by atoms with Crippen molar-refractivity contribution in [2.45, 2.75) is 18.6 Å². The minimum Gasteiger partial charge on any atom is -0.493 e. The zero-order chi connectivity index (χ0) is 16.0. The molecule has 0 radical (unpaired) electrons. The quantitative estimate of drug-likeness (QED) is 0.737. The predicted octanol–water partition coefficient (Wildman–Crippen LogP) is 1.17. The third-order valence-electron chi connectivity index (χ3n) is 3.20. The minimum atomic E-state index is -0.896. The van der Waals surface area contributed by atoms with E-state index in [2.05, 4.69) is 5.32 Å². The van der Waals surface area contributed by atoms with Gasteiger partial charge in [0.25, 0.3) is 5.91 Å². The molecule has 0 saturated heterocycles. The van der Waals surface area contributed by atoms with Gasteiger partial charge in [0.2, 0.25) is 0 Å². The summed E-state index contributed by atoms with van der Waals surface area (Å²) in [6, 6.07) is 3.10. The van der Waals surface area contributed by atoms with Crippen LogP contribution in [-0.2, 0) is 10.8 Å². The molecule has 2 atom stereocenters. The van der Waals surface area contributed by atoms with E-state index in [9.17, 15) is 9.00 Å². The number of carbonyl (C=O) groups is 1. The summed E-state index contributed by atoms with van der Waals surface area (Å²) in [5.74, 6) is 0.629. The van der Waals surface area contributed by atoms with Gasteiger partial charge in [-0.05, 0) is 12.5 Å². The second kappa shape index (κ2) is 7.87. The van der Waals surface area contributed by atoms with E-state index in [1.807, 2.05) is 6.92 Å². The molecular weight excluding hydrogens is 292 g/mol. The van der Waals surface area contributed by atoms with Crippen molar-refractivity contribution in [1.29, 1.82) is 0 Å². The first kappa shape index (κ1) is 17.3. The van der Waals surface area contributed by atoms with Gasteiger partial charge in [0.1, 0.15) is 0 Å². The SMILES string of the molecule is COc1cc(N)c(C(=O)NCCC(C)S(C)=O)cc1OC. The molecule has 1 amide bonds. The Bertz CT molecular complexity index is 534. The fourth-order valence-electron chi connectivity index (χ4n) is 1.74. The molecule has 2 unspecified atom stereocenters. The lowest BCUT2D eigenvalue weighted by Gasteiger charge is -2.13. The van der Waals surface area contributed by atoms with Crippen LogP contribution in [-0.4, -0.2) is 42.4 Å². The number of anilines is 1. The first-order valence-corrected chi connectivity index (χ1v) is 8.14. The summed E-state index contributed by atoms with van der Waals surface area (Å²) < 4.78 is 21.5. The molecule has 7 heteroatoms. The molecule has 1 aromatic carbocycles. The molecule has 3 N–H and O–H groups in total. The summed E-state index contributed by atoms with van der Waals surface area (Å²) in [7, 11) is 2.10. The molecule has 0 fully saturated rings. The average Bonchev–Trinajstić information content (AvgIpc) is 2.46. The number of benzene rings is 1. The van der Waals surface area contributed by atoms with Gasteiger partial charge in [-0.15, -0.1) is 0 Å². The van der Waals surface area contributed by atoms with Crippen molar-refractivity contribution in [1.82, 2.24) is 5.32 Å². The number of nitrogens with one attached hydrogen (secondary N) is 1. The molecule has 0 aromatic heterocycles. The maximum Gasteiger partial charge on any atom is 0.253 e. The highest BCUT2D eigenvalue weighted by Crippen LogP contribution is 2.31. The molecule has 0 saturated carbocycles. The minimum absolute atomic E-state index is 0.0352. The van der Waals surface area contributed by atoms with Gasteiger partial charge < -0.3 is 20.5 Å². The number of carbonyl (C=O) groups excluding carboxylic acids is 1. The average molecular weight is 314 g/mol. The zero-order valence-electron chi connectivity index (χ0n) is 12.8. The maximum absolute atomic E-state index is 12.1. The summed E-state index contributed by atoms with van der Waals surface area (Å²) in [4.78, 5) is 12.1. The van der Waals surface area contributed by atoms with Crippen molar-refractivity contribution >= 4 is 22.4 Å². The van der Waals surface area contributed by atoms with Gasteiger partial charge in [-0.3, -0.25) is 9.00 Å². The predicted molar refractivity (Wildman–Crippen MR) is 84.4 cm³/mol. The van der Waals surface area contributed by atoms with Crippen LogP contribution in [0.1, 0.15) is 23.7 Å². The number of methoxy groups -OCH3 is 2. The Morgan fingerprint density at radius 2 is 1.90 bits per heavy atom. The summed E-state index contributed by atoms with van der Waals surface area (Å²) in [6.07, 6.45) is 2.29. The third kappa shape index (κ3) is 4.63. The van der Waals surface area contributed by atoms with Crippen LogP contribution in [0.15, 0.2) is 12.1 Å². The van der Waals surface area contributed by atoms with Gasteiger partial charge in [-0.1, -0.05) is 6.92 Å². The topological polar surface area (TPSA) is 90.6 Å². The fourth-order valence-corrected chi connectivity index (χ4v) is 2.19. The molecule has 1 aromatic rings. The fraction of sp³-hybridized carbons (Fsp3) is 0.500. The molecule has 0 aliphatic carbocycles. The molecule has 0 aliphatic heterocycles. The second-order valence-corrected chi connectivity index (χ2v) is 6.45. The van der Waals surface area contributed by atoms with E-state index in [0.29, 0.717) is 35.7 Å². The van der Waals surface area contributed by atoms with Gasteiger partial charge in [-0.2, -0.15) is 0 Å². The number of rotatable bonds is 7. The van der Waals surface area contributed by atoms with E-state index in [-0.39, 0.29) is 11.2 Å². The van der Waals surface area contributed by atoms with Crippen molar-refractivity contribution in [3.8, 4) is 11.5 Å². The van der Waals surface area contributed by atoms with E-state index in [0.717, 1.165) is 0 Å². The van der Waals surface area contributed by atoms with Gasteiger partial charge in [0.05, 0.1) is 19.8 Å². The maximum atomic E-state index is 12.1. The van der Waals surface area contributed by atoms with E-state index in [4.69, 9.17) is 15.2 Å². The lowest BCUT2D eigenvalue weighted by Crippen LogP contribution is -2.28. The Kier molecular flexibility index (Phi) is 6.48. The monoisotopic (exact) mass is 314 g/mol. The van der Waals surface area contributed by atoms with Gasteiger partial charge in [0.15, 0.2) is 11.5 Å². The lowest BCUT2D eigenvalue weighted by atomic mass is 10.1. The van der Waals surface area contributed by atoms with Crippen molar-refractivity contribution < 1.29 is 18.5 Å². The largest absolute Gasteiger partial charge is 0.493 e. The zero-order valence-corrected chi connectivity index (χ0v) is 13.6. The molecule has 0 heterocycles. The lowest BCUT2D eigenvalue weighted by molar-refractivity contribution is 0.0953. The molecule has 0 aliphatic rings. The van der Waals surface area contributed by atoms with Crippen LogP contribution in [0.5, 0.6) is 11.5 Å². The molecular formula is C14H22N2O4S. The molecule has 6 nitrogen and oxygen atoms in total. The van der Waals surface area contributed by atoms with Crippen LogP contribution in [0.2, 0.25) is 0 Å². The molecule has 0 bridgehead atoms. The van der Waals surface area contributed by atoms with Crippen LogP contribution < -0.4 is 20.5 Å². The van der Waals surface area contributed by atoms with E-state index < -0.39 is 10.8 Å². The Hall–Kier alpha value is -1.76. The summed E-state index contributed by atoms with van der Waals surface area (Å²) >= 11 is 0. The van der Waals surface area contributed by atoms with Crippen LogP contribution in [0.4, 0.5) is 5.69 Å². The van der Waals surface area contributed by atoms with E-state index >= 15 is 0 Å². The van der Waals surface area contributed by atoms with Gasteiger partial charge in [0, 0.05) is 40.6 Å². The van der Waals surface area contributed by atoms with Crippen LogP contribution >= 0.6 is 0 Å². The summed E-state index contributed by atoms with van der Waals surface area (Å²) in [6.45, 7) is 2.32. The highest BCUT2D eigenvalue weighted by molar-refractivity contribution is 7.84. The number of amides is 1. The highest BCUT2D eigenvalue weighted by atomic mass is 32.2. The Balaban J connectivity index is 2.76. The normalized spacial score (nSPS) is 13.3. The number of hydrogen-bond donors (Lipinski definition) is 2. The summed E-state index contributed by atoms with van der Waals surface area (Å²) in [5.41, 5.74) is 6.50. The standard InChI is InChI=1S/C14H22N2O4S/c1-9(21(4)18)5-6-16-14(17)10-7-12(19-2)13(20-3)8-11(10)15/h7-9H,5-6,15H2,1-4H3,(H,16,17). The third-order valence-corrected chi connectivity index (χ3v) is 4.57. The van der Waals surface area contributed by atoms with Gasteiger partial charge >= 0.3 is 0 Å². The van der Waals surface area contributed by atoms with Gasteiger partial charge in [-0.25, -0.2) is 0 Å². The number of nitrogen functional groups attached to an aromatic ring is 1. The smallest absolute Gasteiger partial charge is 0.253 e. The first-order valence-electron chi connectivity index (χ1n) is 6.52. The highest BCUT2D eigenvalue weighted by Gasteiger charge is 2.15. The first-order chi connectivity index (χ1) is 9.90. The number of nitrogens with two attached hydrogens (primary N) is 1. The van der Waals surface area contributed by atoms with E-state index in [1.54, 1.807) is 18.4 Å². The van der Waals surface area contributed by atoms with Crippen molar-refractivity contribution in [2.75, 3.05) is 32.8 Å².